The average Bonchev–Trinajstić information content (AvgIpc) is 3.20. The molecule has 29 heavy (non-hydrogen) atoms. The molecule has 0 bridgehead atoms. The minimum atomic E-state index is -0.0503. The lowest BCUT2D eigenvalue weighted by Gasteiger charge is -2.27. The molecular weight excluding hydrogens is 366 g/mol. The Kier molecular flexibility index (Phi) is 5.33. The van der Waals surface area contributed by atoms with Crippen LogP contribution in [-0.2, 0) is 6.54 Å². The molecule has 1 amide bonds. The zero-order chi connectivity index (χ0) is 20.2. The van der Waals surface area contributed by atoms with E-state index in [2.05, 4.69) is 10.3 Å². The van der Waals surface area contributed by atoms with Crippen molar-refractivity contribution in [1.82, 2.24) is 9.88 Å². The summed E-state index contributed by atoms with van der Waals surface area (Å²) in [6.45, 7) is 4.82. The molecule has 0 fully saturated rings. The second kappa shape index (κ2) is 8.22. The van der Waals surface area contributed by atoms with Crippen LogP contribution in [-0.4, -0.2) is 28.6 Å². The monoisotopic (exact) mass is 389 g/mol. The van der Waals surface area contributed by atoms with Crippen molar-refractivity contribution in [2.75, 3.05) is 12.1 Å². The normalized spacial score (nSPS) is 12.1. The van der Waals surface area contributed by atoms with Crippen LogP contribution in [0.1, 0.15) is 29.8 Å². The number of rotatable bonds is 6. The highest BCUT2D eigenvalue weighted by atomic mass is 16.7. The van der Waals surface area contributed by atoms with Crippen molar-refractivity contribution in [3.8, 4) is 11.5 Å². The molecule has 6 heteroatoms. The topological polar surface area (TPSA) is 63.7 Å². The lowest BCUT2D eigenvalue weighted by Crippen LogP contribution is -2.36. The molecule has 1 N–H and O–H groups in total. The van der Waals surface area contributed by atoms with Gasteiger partial charge in [-0.25, -0.2) is 0 Å². The number of hydrogen-bond donors (Lipinski definition) is 1. The van der Waals surface area contributed by atoms with Crippen LogP contribution in [0.15, 0.2) is 67.0 Å². The van der Waals surface area contributed by atoms with E-state index in [1.807, 2.05) is 73.3 Å². The highest BCUT2D eigenvalue weighted by molar-refractivity contribution is 5.95. The highest BCUT2D eigenvalue weighted by Crippen LogP contribution is 2.35. The van der Waals surface area contributed by atoms with Crippen LogP contribution >= 0.6 is 0 Å². The lowest BCUT2D eigenvalue weighted by molar-refractivity contribution is 0.0690. The van der Waals surface area contributed by atoms with Gasteiger partial charge in [-0.2, -0.15) is 0 Å². The van der Waals surface area contributed by atoms with Crippen LogP contribution < -0.4 is 14.8 Å². The number of nitrogens with zero attached hydrogens (tertiary/aromatic N) is 2. The van der Waals surface area contributed by atoms with Crippen LogP contribution in [0.2, 0.25) is 0 Å². The molecule has 0 aliphatic carbocycles. The summed E-state index contributed by atoms with van der Waals surface area (Å²) in [4.78, 5) is 19.3. The van der Waals surface area contributed by atoms with Gasteiger partial charge in [0, 0.05) is 30.5 Å². The lowest BCUT2D eigenvalue weighted by atomic mass is 10.1. The van der Waals surface area contributed by atoms with Crippen molar-refractivity contribution >= 4 is 17.3 Å². The first kappa shape index (κ1) is 18.8. The Balaban J connectivity index is 1.52. The van der Waals surface area contributed by atoms with Crippen LogP contribution in [0.3, 0.4) is 0 Å². The molecular formula is C23H23N3O3. The van der Waals surface area contributed by atoms with E-state index in [1.165, 1.54) is 0 Å². The smallest absolute Gasteiger partial charge is 0.256 e. The van der Waals surface area contributed by atoms with Gasteiger partial charge in [0.05, 0.1) is 17.4 Å². The minimum Gasteiger partial charge on any atom is -0.454 e. The van der Waals surface area contributed by atoms with E-state index in [0.29, 0.717) is 17.9 Å². The Morgan fingerprint density at radius 2 is 1.83 bits per heavy atom. The number of amides is 1. The van der Waals surface area contributed by atoms with Crippen molar-refractivity contribution in [3.63, 3.8) is 0 Å². The summed E-state index contributed by atoms with van der Waals surface area (Å²) in [7, 11) is 0. The second-order valence-corrected chi connectivity index (χ2v) is 7.17. The Hall–Kier alpha value is -3.54. The summed E-state index contributed by atoms with van der Waals surface area (Å²) in [6, 6.07) is 17.5. The maximum atomic E-state index is 13.2. The van der Waals surface area contributed by atoms with Gasteiger partial charge >= 0.3 is 0 Å². The number of carbonyl (C=O) groups excluding carboxylic acids is 1. The minimum absolute atomic E-state index is 0.0503. The first-order valence-electron chi connectivity index (χ1n) is 9.57. The number of aromatic nitrogens is 1. The second-order valence-electron chi connectivity index (χ2n) is 7.17. The number of benzene rings is 2. The van der Waals surface area contributed by atoms with Crippen LogP contribution in [0.5, 0.6) is 11.5 Å². The number of pyridine rings is 1. The van der Waals surface area contributed by atoms with Gasteiger partial charge in [-0.15, -0.1) is 0 Å². The molecule has 0 radical (unpaired) electrons. The zero-order valence-corrected chi connectivity index (χ0v) is 16.5. The molecule has 0 unspecified atom stereocenters. The van der Waals surface area contributed by atoms with E-state index in [0.717, 1.165) is 22.7 Å². The molecule has 0 spiro atoms. The summed E-state index contributed by atoms with van der Waals surface area (Å²) >= 11 is 0. The predicted octanol–water partition coefficient (Wildman–Crippen LogP) is 4.60. The molecule has 0 saturated heterocycles. The van der Waals surface area contributed by atoms with E-state index < -0.39 is 0 Å². The Bertz CT molecular complexity index is 1010. The van der Waals surface area contributed by atoms with Gasteiger partial charge in [0.25, 0.3) is 5.91 Å². The predicted molar refractivity (Wildman–Crippen MR) is 112 cm³/mol. The summed E-state index contributed by atoms with van der Waals surface area (Å²) in [5.74, 6) is 1.38. The summed E-state index contributed by atoms with van der Waals surface area (Å²) in [5.41, 5.74) is 3.21. The van der Waals surface area contributed by atoms with Crippen LogP contribution in [0.4, 0.5) is 11.4 Å². The van der Waals surface area contributed by atoms with Crippen molar-refractivity contribution in [3.05, 3.63) is 78.1 Å². The maximum absolute atomic E-state index is 13.2. The van der Waals surface area contributed by atoms with Gasteiger partial charge in [0.1, 0.15) is 0 Å². The number of carbonyl (C=O) groups is 1. The highest BCUT2D eigenvalue weighted by Gasteiger charge is 2.20. The number of anilines is 2. The molecule has 4 rings (SSSR count). The van der Waals surface area contributed by atoms with Gasteiger partial charge in [-0.05, 0) is 37.6 Å². The first-order valence-corrected chi connectivity index (χ1v) is 9.57. The third-order valence-corrected chi connectivity index (χ3v) is 4.73. The molecule has 6 nitrogen and oxygen atoms in total. The third kappa shape index (κ3) is 4.32. The summed E-state index contributed by atoms with van der Waals surface area (Å²) in [6.07, 6.45) is 3.30. The van der Waals surface area contributed by atoms with Gasteiger partial charge in [-0.1, -0.05) is 30.3 Å². The Labute approximate surface area is 170 Å². The van der Waals surface area contributed by atoms with Crippen molar-refractivity contribution in [2.24, 2.45) is 0 Å². The number of hydrogen-bond acceptors (Lipinski definition) is 5. The van der Waals surface area contributed by atoms with E-state index >= 15 is 0 Å². The molecule has 3 aromatic rings. The standard InChI is InChI=1S/C23H23N3O3/c1-16(2)26(14-17-6-4-3-5-7-17)23(27)18-10-20(13-24-12-18)25-19-8-9-21-22(11-19)29-15-28-21/h3-13,16,25H,14-15H2,1-2H3. The molecule has 1 aromatic heterocycles. The Morgan fingerprint density at radius 3 is 2.62 bits per heavy atom. The molecule has 1 aliphatic rings. The van der Waals surface area contributed by atoms with Crippen LogP contribution in [0, 0.1) is 0 Å². The van der Waals surface area contributed by atoms with Gasteiger partial charge < -0.3 is 19.7 Å². The fourth-order valence-electron chi connectivity index (χ4n) is 3.20. The Morgan fingerprint density at radius 1 is 1.03 bits per heavy atom. The van der Waals surface area contributed by atoms with E-state index in [4.69, 9.17) is 9.47 Å². The maximum Gasteiger partial charge on any atom is 0.256 e. The SMILES string of the molecule is CC(C)N(Cc1ccccc1)C(=O)c1cncc(Nc2ccc3c(c2)OCO3)c1. The van der Waals surface area contributed by atoms with E-state index in [1.54, 1.807) is 12.4 Å². The fraction of sp³-hybridized carbons (Fsp3) is 0.217. The number of fused-ring (bicyclic) bond motifs is 1. The van der Waals surface area contributed by atoms with Crippen molar-refractivity contribution in [1.29, 1.82) is 0 Å². The molecule has 148 valence electrons. The van der Waals surface area contributed by atoms with Crippen LogP contribution in [0.25, 0.3) is 0 Å². The van der Waals surface area contributed by atoms with Crippen molar-refractivity contribution < 1.29 is 14.3 Å². The molecule has 2 heterocycles. The van der Waals surface area contributed by atoms with E-state index in [9.17, 15) is 4.79 Å². The largest absolute Gasteiger partial charge is 0.454 e. The zero-order valence-electron chi connectivity index (χ0n) is 16.5. The number of ether oxygens (including phenoxy) is 2. The fourth-order valence-corrected chi connectivity index (χ4v) is 3.20. The van der Waals surface area contributed by atoms with Crippen molar-refractivity contribution in [2.45, 2.75) is 26.4 Å². The van der Waals surface area contributed by atoms with Gasteiger partial charge in [0.2, 0.25) is 6.79 Å². The quantitative estimate of drug-likeness (QED) is 0.667. The number of nitrogens with one attached hydrogen (secondary N) is 1. The molecule has 1 aliphatic heterocycles. The summed E-state index contributed by atoms with van der Waals surface area (Å²) in [5, 5.41) is 3.28. The molecule has 2 aromatic carbocycles. The average molecular weight is 389 g/mol. The summed E-state index contributed by atoms with van der Waals surface area (Å²) < 4.78 is 10.8. The van der Waals surface area contributed by atoms with Gasteiger partial charge in [0.15, 0.2) is 11.5 Å². The van der Waals surface area contributed by atoms with E-state index in [-0.39, 0.29) is 18.7 Å². The first-order chi connectivity index (χ1) is 14.1. The molecule has 0 saturated carbocycles. The van der Waals surface area contributed by atoms with Gasteiger partial charge in [-0.3, -0.25) is 9.78 Å². The molecule has 0 atom stereocenters. The third-order valence-electron chi connectivity index (χ3n) is 4.73.